The third-order valence-corrected chi connectivity index (χ3v) is 5.05. The molecule has 1 heterocycles. The van der Waals surface area contributed by atoms with Gasteiger partial charge in [0, 0.05) is 16.7 Å². The predicted molar refractivity (Wildman–Crippen MR) is 103 cm³/mol. The van der Waals surface area contributed by atoms with Crippen LogP contribution in [0.1, 0.15) is 15.4 Å². The second-order valence-corrected chi connectivity index (χ2v) is 7.12. The largest absolute Gasteiger partial charge is 0.451 e. The van der Waals surface area contributed by atoms with Crippen molar-refractivity contribution in [3.8, 4) is 10.6 Å². The number of aromatic nitrogens is 1. The lowest BCUT2D eigenvalue weighted by Crippen LogP contribution is -2.21. The molecule has 0 saturated carbocycles. The number of amides is 1. The standard InChI is InChI=1S/C19H13ClF2N2O3S/c1-10-17(28-18(23-10)11-2-4-12(20)5-3-11)19(26)27-9-16(25)24-15-8-13(21)6-7-14(15)22/h2-8H,9H2,1H3,(H,24,25). The number of esters is 1. The van der Waals surface area contributed by atoms with Crippen LogP contribution in [0.25, 0.3) is 10.6 Å². The molecule has 9 heteroatoms. The fraction of sp³-hybridized carbons (Fsp3) is 0.105. The molecular formula is C19H13ClF2N2O3S. The molecule has 1 aromatic heterocycles. The van der Waals surface area contributed by atoms with Crippen molar-refractivity contribution in [2.24, 2.45) is 0 Å². The van der Waals surface area contributed by atoms with Crippen LogP contribution in [0.2, 0.25) is 5.02 Å². The molecule has 2 aromatic carbocycles. The zero-order valence-electron chi connectivity index (χ0n) is 14.5. The maximum atomic E-state index is 13.5. The van der Waals surface area contributed by atoms with E-state index in [1.54, 1.807) is 31.2 Å². The van der Waals surface area contributed by atoms with E-state index >= 15 is 0 Å². The molecule has 1 N–H and O–H groups in total. The number of hydrogen-bond donors (Lipinski definition) is 1. The molecule has 0 saturated heterocycles. The van der Waals surface area contributed by atoms with Gasteiger partial charge in [-0.2, -0.15) is 0 Å². The minimum absolute atomic E-state index is 0.245. The van der Waals surface area contributed by atoms with Crippen LogP contribution in [0.15, 0.2) is 42.5 Å². The Morgan fingerprint density at radius 2 is 1.89 bits per heavy atom. The Morgan fingerprint density at radius 1 is 1.18 bits per heavy atom. The smallest absolute Gasteiger partial charge is 0.350 e. The molecule has 0 spiro atoms. The number of anilines is 1. The van der Waals surface area contributed by atoms with Gasteiger partial charge in [0.05, 0.1) is 11.4 Å². The van der Waals surface area contributed by atoms with Gasteiger partial charge in [-0.25, -0.2) is 18.6 Å². The average Bonchev–Trinajstić information content (AvgIpc) is 3.05. The molecule has 0 aliphatic rings. The van der Waals surface area contributed by atoms with Gasteiger partial charge in [-0.1, -0.05) is 23.7 Å². The molecule has 0 fully saturated rings. The summed E-state index contributed by atoms with van der Waals surface area (Å²) in [7, 11) is 0. The van der Waals surface area contributed by atoms with E-state index in [4.69, 9.17) is 16.3 Å². The van der Waals surface area contributed by atoms with Crippen LogP contribution >= 0.6 is 22.9 Å². The maximum Gasteiger partial charge on any atom is 0.350 e. The number of rotatable bonds is 5. The van der Waals surface area contributed by atoms with Crippen molar-refractivity contribution in [2.45, 2.75) is 6.92 Å². The van der Waals surface area contributed by atoms with Gasteiger partial charge in [-0.3, -0.25) is 4.79 Å². The highest BCUT2D eigenvalue weighted by Gasteiger charge is 2.19. The molecule has 0 atom stereocenters. The number of nitrogens with one attached hydrogen (secondary N) is 1. The van der Waals surface area contributed by atoms with Crippen molar-refractivity contribution < 1.29 is 23.1 Å². The Labute approximate surface area is 167 Å². The van der Waals surface area contributed by atoms with Gasteiger partial charge in [0.1, 0.15) is 21.5 Å². The normalized spacial score (nSPS) is 10.6. The topological polar surface area (TPSA) is 68.3 Å². The monoisotopic (exact) mass is 422 g/mol. The van der Waals surface area contributed by atoms with Crippen LogP contribution < -0.4 is 5.32 Å². The van der Waals surface area contributed by atoms with Gasteiger partial charge in [0.25, 0.3) is 5.91 Å². The Morgan fingerprint density at radius 3 is 2.61 bits per heavy atom. The molecule has 0 unspecified atom stereocenters. The van der Waals surface area contributed by atoms with Crippen molar-refractivity contribution in [1.29, 1.82) is 0 Å². The van der Waals surface area contributed by atoms with E-state index in [1.807, 2.05) is 0 Å². The lowest BCUT2D eigenvalue weighted by Gasteiger charge is -2.07. The average molecular weight is 423 g/mol. The molecule has 144 valence electrons. The van der Waals surface area contributed by atoms with Crippen LogP contribution in [-0.4, -0.2) is 23.5 Å². The Kier molecular flexibility index (Phi) is 6.01. The SMILES string of the molecule is Cc1nc(-c2ccc(Cl)cc2)sc1C(=O)OCC(=O)Nc1cc(F)ccc1F. The van der Waals surface area contributed by atoms with Crippen LogP contribution in [-0.2, 0) is 9.53 Å². The Hall–Kier alpha value is -2.84. The van der Waals surface area contributed by atoms with Crippen LogP contribution in [0.5, 0.6) is 0 Å². The lowest BCUT2D eigenvalue weighted by molar-refractivity contribution is -0.119. The van der Waals surface area contributed by atoms with Gasteiger partial charge < -0.3 is 10.1 Å². The highest BCUT2D eigenvalue weighted by molar-refractivity contribution is 7.17. The zero-order chi connectivity index (χ0) is 20.3. The second-order valence-electron chi connectivity index (χ2n) is 5.69. The maximum absolute atomic E-state index is 13.5. The molecule has 0 aliphatic heterocycles. The van der Waals surface area contributed by atoms with E-state index in [0.717, 1.165) is 35.1 Å². The molecule has 5 nitrogen and oxygen atoms in total. The van der Waals surface area contributed by atoms with Crippen molar-refractivity contribution in [3.63, 3.8) is 0 Å². The first kappa shape index (κ1) is 19.9. The number of halogens is 3. The number of benzene rings is 2. The first-order valence-electron chi connectivity index (χ1n) is 7.99. The van der Waals surface area contributed by atoms with Crippen molar-refractivity contribution in [1.82, 2.24) is 4.98 Å². The number of ether oxygens (including phenoxy) is 1. The summed E-state index contributed by atoms with van der Waals surface area (Å²) >= 11 is 6.98. The lowest BCUT2D eigenvalue weighted by atomic mass is 10.2. The summed E-state index contributed by atoms with van der Waals surface area (Å²) in [6, 6.07) is 9.61. The van der Waals surface area contributed by atoms with E-state index in [9.17, 15) is 18.4 Å². The van der Waals surface area contributed by atoms with E-state index < -0.39 is 30.1 Å². The molecule has 3 aromatic rings. The summed E-state index contributed by atoms with van der Waals surface area (Å²) in [5, 5.41) is 3.34. The minimum atomic E-state index is -0.799. The molecule has 0 radical (unpaired) electrons. The second kappa shape index (κ2) is 8.45. The molecular weight excluding hydrogens is 410 g/mol. The summed E-state index contributed by atoms with van der Waals surface area (Å²) in [5.41, 5.74) is 0.910. The fourth-order valence-corrected chi connectivity index (χ4v) is 3.37. The third kappa shape index (κ3) is 4.71. The third-order valence-electron chi connectivity index (χ3n) is 3.61. The van der Waals surface area contributed by atoms with E-state index in [2.05, 4.69) is 10.3 Å². The Bertz CT molecular complexity index is 1040. The summed E-state index contributed by atoms with van der Waals surface area (Å²) < 4.78 is 31.6. The Balaban J connectivity index is 1.64. The minimum Gasteiger partial charge on any atom is -0.451 e. The fourth-order valence-electron chi connectivity index (χ4n) is 2.28. The van der Waals surface area contributed by atoms with Crippen LogP contribution in [0.4, 0.5) is 14.5 Å². The zero-order valence-corrected chi connectivity index (χ0v) is 16.0. The molecule has 28 heavy (non-hydrogen) atoms. The van der Waals surface area contributed by atoms with Gasteiger partial charge >= 0.3 is 5.97 Å². The van der Waals surface area contributed by atoms with Gasteiger partial charge in [0.2, 0.25) is 0 Å². The number of carbonyl (C=O) groups is 2. The van der Waals surface area contributed by atoms with Crippen LogP contribution in [0.3, 0.4) is 0 Å². The van der Waals surface area contributed by atoms with Crippen molar-refractivity contribution >= 4 is 40.5 Å². The summed E-state index contributed by atoms with van der Waals surface area (Å²) in [5.74, 6) is -3.03. The van der Waals surface area contributed by atoms with Gasteiger partial charge in [-0.05, 0) is 31.2 Å². The van der Waals surface area contributed by atoms with E-state index in [0.29, 0.717) is 15.7 Å². The highest BCUT2D eigenvalue weighted by atomic mass is 35.5. The van der Waals surface area contributed by atoms with Gasteiger partial charge in [-0.15, -0.1) is 11.3 Å². The van der Waals surface area contributed by atoms with Crippen molar-refractivity contribution in [3.05, 3.63) is 69.7 Å². The predicted octanol–water partition coefficient (Wildman–Crippen LogP) is 4.85. The highest BCUT2D eigenvalue weighted by Crippen LogP contribution is 2.29. The van der Waals surface area contributed by atoms with E-state index in [-0.39, 0.29) is 10.6 Å². The van der Waals surface area contributed by atoms with Crippen molar-refractivity contribution in [2.75, 3.05) is 11.9 Å². The molecule has 0 bridgehead atoms. The summed E-state index contributed by atoms with van der Waals surface area (Å²) in [4.78, 5) is 28.7. The number of hydrogen-bond acceptors (Lipinski definition) is 5. The number of nitrogens with zero attached hydrogens (tertiary/aromatic N) is 1. The molecule has 3 rings (SSSR count). The van der Waals surface area contributed by atoms with E-state index in [1.165, 1.54) is 0 Å². The van der Waals surface area contributed by atoms with Gasteiger partial charge in [0.15, 0.2) is 6.61 Å². The number of carbonyl (C=O) groups excluding carboxylic acids is 2. The quantitative estimate of drug-likeness (QED) is 0.597. The summed E-state index contributed by atoms with van der Waals surface area (Å²) in [6.07, 6.45) is 0. The number of aryl methyl sites for hydroxylation is 1. The molecule has 0 aliphatic carbocycles. The molecule has 1 amide bonds. The number of thiazole rings is 1. The first-order valence-corrected chi connectivity index (χ1v) is 9.18. The van der Waals surface area contributed by atoms with Crippen LogP contribution in [0, 0.1) is 18.6 Å². The first-order chi connectivity index (χ1) is 13.3. The summed E-state index contributed by atoms with van der Waals surface area (Å²) in [6.45, 7) is 0.997.